The van der Waals surface area contributed by atoms with Gasteiger partial charge in [-0.1, -0.05) is 60.7 Å². The summed E-state index contributed by atoms with van der Waals surface area (Å²) in [7, 11) is 0. The summed E-state index contributed by atoms with van der Waals surface area (Å²) >= 11 is 0. The lowest BCUT2D eigenvalue weighted by Crippen LogP contribution is -2.40. The lowest BCUT2D eigenvalue weighted by Gasteiger charge is -2.36. The number of aromatic nitrogens is 2. The van der Waals surface area contributed by atoms with Crippen molar-refractivity contribution in [1.82, 2.24) is 10.2 Å². The van der Waals surface area contributed by atoms with E-state index in [-0.39, 0.29) is 0 Å². The Balaban J connectivity index is 1.62. The molecule has 6 rings (SSSR count). The number of hydrogen-bond acceptors (Lipinski definition) is 6. The largest absolute Gasteiger partial charge is 0.378 e. The fraction of sp³-hybridized carbons (Fsp3) is 0.286. The molecule has 2 aliphatic heterocycles. The Hall–Kier alpha value is -3.48. The average Bonchev–Trinajstić information content (AvgIpc) is 2.93. The summed E-state index contributed by atoms with van der Waals surface area (Å²) in [5.41, 5.74) is 6.46. The minimum atomic E-state index is 0.746. The number of nitrogens with zero attached hydrogens (tertiary/aromatic N) is 4. The molecule has 0 aliphatic carbocycles. The summed E-state index contributed by atoms with van der Waals surface area (Å²) in [5, 5.41) is 11.8. The fourth-order valence-electron chi connectivity index (χ4n) is 4.91. The second kappa shape index (κ2) is 9.41. The van der Waals surface area contributed by atoms with Crippen LogP contribution in [0.1, 0.15) is 0 Å². The Morgan fingerprint density at radius 1 is 0.529 bits per heavy atom. The third-order valence-electron chi connectivity index (χ3n) is 6.67. The highest BCUT2D eigenvalue weighted by Gasteiger charge is 2.24. The summed E-state index contributed by atoms with van der Waals surface area (Å²) in [6.07, 6.45) is 0. The molecule has 0 spiro atoms. The number of rotatable bonds is 4. The molecule has 2 aliphatic rings. The minimum absolute atomic E-state index is 0.746. The summed E-state index contributed by atoms with van der Waals surface area (Å²) < 4.78 is 11.3. The van der Waals surface area contributed by atoms with E-state index in [0.29, 0.717) is 0 Å². The van der Waals surface area contributed by atoms with Gasteiger partial charge < -0.3 is 19.3 Å². The lowest BCUT2D eigenvalue weighted by atomic mass is 9.98. The van der Waals surface area contributed by atoms with Crippen molar-refractivity contribution in [2.45, 2.75) is 0 Å². The number of ether oxygens (including phenoxy) is 2. The molecular formula is C28H28N4O2. The van der Waals surface area contributed by atoms with Gasteiger partial charge in [-0.05, 0) is 12.1 Å². The van der Waals surface area contributed by atoms with Crippen molar-refractivity contribution in [2.75, 3.05) is 62.4 Å². The minimum Gasteiger partial charge on any atom is -0.378 e. The number of anilines is 2. The van der Waals surface area contributed by atoms with Crippen LogP contribution in [0.15, 0.2) is 72.8 Å². The van der Waals surface area contributed by atoms with Crippen molar-refractivity contribution >= 4 is 22.1 Å². The molecule has 2 saturated heterocycles. The predicted molar refractivity (Wildman–Crippen MR) is 136 cm³/mol. The highest BCUT2D eigenvalue weighted by molar-refractivity contribution is 6.06. The van der Waals surface area contributed by atoms with Crippen LogP contribution in [-0.4, -0.2) is 62.8 Å². The maximum absolute atomic E-state index is 5.67. The second-order valence-corrected chi connectivity index (χ2v) is 8.71. The monoisotopic (exact) mass is 452 g/mol. The van der Waals surface area contributed by atoms with Crippen LogP contribution < -0.4 is 9.80 Å². The summed E-state index contributed by atoms with van der Waals surface area (Å²) in [4.78, 5) is 4.90. The van der Waals surface area contributed by atoms with Gasteiger partial charge >= 0.3 is 0 Å². The quantitative estimate of drug-likeness (QED) is 0.450. The van der Waals surface area contributed by atoms with E-state index >= 15 is 0 Å². The summed E-state index contributed by atoms with van der Waals surface area (Å²) in [6.45, 7) is 6.51. The first-order valence-corrected chi connectivity index (χ1v) is 12.0. The van der Waals surface area contributed by atoms with Crippen molar-refractivity contribution < 1.29 is 9.47 Å². The van der Waals surface area contributed by atoms with Crippen LogP contribution in [0, 0.1) is 0 Å². The highest BCUT2D eigenvalue weighted by atomic mass is 16.5. The SMILES string of the molecule is c1ccc(-c2nnc(-c3ccccc3)c3cc(N4CCOCC4)c(N4CCOCC4)cc23)cc1. The number of fused-ring (bicyclic) bond motifs is 1. The average molecular weight is 453 g/mol. The zero-order chi connectivity index (χ0) is 22.7. The molecule has 3 aromatic carbocycles. The van der Waals surface area contributed by atoms with E-state index in [1.165, 1.54) is 11.4 Å². The van der Waals surface area contributed by atoms with Crippen LogP contribution in [0.25, 0.3) is 33.3 Å². The van der Waals surface area contributed by atoms with Gasteiger partial charge in [0.25, 0.3) is 0 Å². The predicted octanol–water partition coefficient (Wildman–Crippen LogP) is 4.64. The number of morpholine rings is 2. The maximum atomic E-state index is 5.67. The molecule has 172 valence electrons. The zero-order valence-corrected chi connectivity index (χ0v) is 19.2. The van der Waals surface area contributed by atoms with E-state index in [4.69, 9.17) is 19.7 Å². The number of benzene rings is 3. The van der Waals surface area contributed by atoms with E-state index in [0.717, 1.165) is 85.9 Å². The third kappa shape index (κ3) is 4.00. The molecule has 0 N–H and O–H groups in total. The van der Waals surface area contributed by atoms with Crippen molar-refractivity contribution in [3.63, 3.8) is 0 Å². The molecule has 0 radical (unpaired) electrons. The fourth-order valence-corrected chi connectivity index (χ4v) is 4.91. The van der Waals surface area contributed by atoms with Crippen LogP contribution in [0.5, 0.6) is 0 Å². The van der Waals surface area contributed by atoms with Crippen molar-refractivity contribution in [3.05, 3.63) is 72.8 Å². The Kier molecular flexibility index (Phi) is 5.83. The van der Waals surface area contributed by atoms with Gasteiger partial charge in [0.1, 0.15) is 11.4 Å². The molecule has 3 heterocycles. The van der Waals surface area contributed by atoms with Gasteiger partial charge in [-0.25, -0.2) is 0 Å². The molecule has 4 aromatic rings. The van der Waals surface area contributed by atoms with Gasteiger partial charge in [0.15, 0.2) is 0 Å². The van der Waals surface area contributed by atoms with Gasteiger partial charge in [0.05, 0.1) is 37.8 Å². The molecule has 1 aromatic heterocycles. The lowest BCUT2D eigenvalue weighted by molar-refractivity contribution is 0.121. The molecular weight excluding hydrogens is 424 g/mol. The zero-order valence-electron chi connectivity index (χ0n) is 19.2. The molecule has 6 nitrogen and oxygen atoms in total. The van der Waals surface area contributed by atoms with E-state index in [1.54, 1.807) is 0 Å². The molecule has 0 unspecified atom stereocenters. The first-order chi connectivity index (χ1) is 16.9. The Morgan fingerprint density at radius 2 is 0.912 bits per heavy atom. The topological polar surface area (TPSA) is 50.7 Å². The third-order valence-corrected chi connectivity index (χ3v) is 6.67. The molecule has 6 heteroatoms. The van der Waals surface area contributed by atoms with Crippen LogP contribution in [0.4, 0.5) is 11.4 Å². The van der Waals surface area contributed by atoms with Crippen molar-refractivity contribution in [2.24, 2.45) is 0 Å². The molecule has 0 amide bonds. The second-order valence-electron chi connectivity index (χ2n) is 8.71. The van der Waals surface area contributed by atoms with E-state index in [1.807, 2.05) is 12.1 Å². The van der Waals surface area contributed by atoms with Crippen molar-refractivity contribution in [1.29, 1.82) is 0 Å². The summed E-state index contributed by atoms with van der Waals surface area (Å²) in [5.74, 6) is 0. The highest BCUT2D eigenvalue weighted by Crippen LogP contribution is 2.41. The summed E-state index contributed by atoms with van der Waals surface area (Å²) in [6, 6.07) is 25.4. The van der Waals surface area contributed by atoms with Gasteiger partial charge in [-0.3, -0.25) is 0 Å². The van der Waals surface area contributed by atoms with Crippen LogP contribution in [-0.2, 0) is 9.47 Å². The van der Waals surface area contributed by atoms with Gasteiger partial charge in [-0.15, -0.1) is 10.2 Å². The smallest absolute Gasteiger partial charge is 0.101 e. The van der Waals surface area contributed by atoms with Crippen LogP contribution in [0.3, 0.4) is 0 Å². The normalized spacial score (nSPS) is 16.7. The van der Waals surface area contributed by atoms with Gasteiger partial charge in [0, 0.05) is 48.1 Å². The van der Waals surface area contributed by atoms with E-state index < -0.39 is 0 Å². The maximum Gasteiger partial charge on any atom is 0.101 e. The first kappa shape index (κ1) is 21.1. The molecule has 0 atom stereocenters. The molecule has 0 saturated carbocycles. The Labute approximate surface area is 199 Å². The molecule has 34 heavy (non-hydrogen) atoms. The van der Waals surface area contributed by atoms with Gasteiger partial charge in [-0.2, -0.15) is 0 Å². The Bertz CT molecular complexity index is 1170. The van der Waals surface area contributed by atoms with E-state index in [2.05, 4.69) is 70.5 Å². The molecule has 2 fully saturated rings. The van der Waals surface area contributed by atoms with E-state index in [9.17, 15) is 0 Å². The van der Waals surface area contributed by atoms with Crippen LogP contribution in [0.2, 0.25) is 0 Å². The van der Waals surface area contributed by atoms with Crippen molar-refractivity contribution in [3.8, 4) is 22.5 Å². The molecule has 0 bridgehead atoms. The standard InChI is InChI=1S/C28H28N4O2/c1-3-7-21(8-4-1)27-23-19-25(31-11-15-33-16-12-31)26(32-13-17-34-18-14-32)20-24(23)28(30-29-27)22-9-5-2-6-10-22/h1-10,19-20H,11-18H2. The van der Waals surface area contributed by atoms with Crippen LogP contribution >= 0.6 is 0 Å². The Morgan fingerprint density at radius 3 is 1.29 bits per heavy atom. The van der Waals surface area contributed by atoms with Gasteiger partial charge in [0.2, 0.25) is 0 Å². The first-order valence-electron chi connectivity index (χ1n) is 12.0. The number of hydrogen-bond donors (Lipinski definition) is 0.